The Morgan fingerprint density at radius 3 is 2.53 bits per heavy atom. The van der Waals surface area contributed by atoms with E-state index in [1.54, 1.807) is 0 Å². The lowest BCUT2D eigenvalue weighted by Gasteiger charge is -2.25. The summed E-state index contributed by atoms with van der Waals surface area (Å²) in [7, 11) is 0. The van der Waals surface area contributed by atoms with E-state index in [-0.39, 0.29) is 0 Å². The summed E-state index contributed by atoms with van der Waals surface area (Å²) in [6.45, 7) is 11.8. The molecule has 0 saturated carbocycles. The SMILES string of the molecule is CCOCC(C)NCC(C)N1CCCC1. The molecule has 15 heavy (non-hydrogen) atoms. The molecule has 0 spiro atoms. The minimum Gasteiger partial charge on any atom is -0.380 e. The number of nitrogens with zero attached hydrogens (tertiary/aromatic N) is 1. The molecule has 90 valence electrons. The van der Waals surface area contributed by atoms with Crippen LogP contribution >= 0.6 is 0 Å². The Bertz CT molecular complexity index is 158. The summed E-state index contributed by atoms with van der Waals surface area (Å²) >= 11 is 0. The molecule has 1 aliphatic heterocycles. The van der Waals surface area contributed by atoms with E-state index >= 15 is 0 Å². The topological polar surface area (TPSA) is 24.5 Å². The van der Waals surface area contributed by atoms with Gasteiger partial charge < -0.3 is 10.1 Å². The first-order valence-electron chi connectivity index (χ1n) is 6.29. The Kier molecular flexibility index (Phi) is 6.22. The quantitative estimate of drug-likeness (QED) is 0.695. The molecule has 0 bridgehead atoms. The molecule has 0 aromatic heterocycles. The predicted molar refractivity (Wildman–Crippen MR) is 64.2 cm³/mol. The van der Waals surface area contributed by atoms with Gasteiger partial charge >= 0.3 is 0 Å². The first-order chi connectivity index (χ1) is 7.24. The number of rotatable bonds is 7. The Labute approximate surface area is 94.2 Å². The fraction of sp³-hybridized carbons (Fsp3) is 1.00. The zero-order valence-electron chi connectivity index (χ0n) is 10.5. The molecule has 1 N–H and O–H groups in total. The fourth-order valence-electron chi connectivity index (χ4n) is 2.04. The zero-order valence-corrected chi connectivity index (χ0v) is 10.5. The molecular formula is C12H26N2O. The van der Waals surface area contributed by atoms with Crippen LogP contribution in [0.2, 0.25) is 0 Å². The van der Waals surface area contributed by atoms with Gasteiger partial charge in [0.15, 0.2) is 0 Å². The van der Waals surface area contributed by atoms with E-state index in [0.717, 1.165) is 19.8 Å². The van der Waals surface area contributed by atoms with E-state index in [2.05, 4.69) is 24.1 Å². The van der Waals surface area contributed by atoms with Crippen LogP contribution in [0.1, 0.15) is 33.6 Å². The van der Waals surface area contributed by atoms with Gasteiger partial charge in [0.2, 0.25) is 0 Å². The van der Waals surface area contributed by atoms with Gasteiger partial charge in [-0.25, -0.2) is 0 Å². The summed E-state index contributed by atoms with van der Waals surface area (Å²) in [5, 5.41) is 3.53. The van der Waals surface area contributed by atoms with Crippen LogP contribution in [0.4, 0.5) is 0 Å². The summed E-state index contributed by atoms with van der Waals surface area (Å²) in [6.07, 6.45) is 2.75. The smallest absolute Gasteiger partial charge is 0.0616 e. The molecule has 1 saturated heterocycles. The second-order valence-electron chi connectivity index (χ2n) is 4.56. The first kappa shape index (κ1) is 12.9. The number of ether oxygens (including phenoxy) is 1. The molecule has 3 heteroatoms. The number of hydrogen-bond acceptors (Lipinski definition) is 3. The number of likely N-dealkylation sites (tertiary alicyclic amines) is 1. The molecule has 0 aromatic rings. The van der Waals surface area contributed by atoms with Gasteiger partial charge in [0, 0.05) is 25.2 Å². The lowest BCUT2D eigenvalue weighted by Crippen LogP contribution is -2.42. The van der Waals surface area contributed by atoms with Crippen molar-refractivity contribution in [3.8, 4) is 0 Å². The Hall–Kier alpha value is -0.120. The van der Waals surface area contributed by atoms with Gasteiger partial charge in [0.05, 0.1) is 6.61 Å². The minimum atomic E-state index is 0.468. The van der Waals surface area contributed by atoms with Crippen LogP contribution in [0.15, 0.2) is 0 Å². The third-order valence-corrected chi connectivity index (χ3v) is 3.10. The molecule has 1 fully saturated rings. The predicted octanol–water partition coefficient (Wildman–Crippen LogP) is 1.49. The zero-order chi connectivity index (χ0) is 11.1. The van der Waals surface area contributed by atoms with Crippen molar-refractivity contribution < 1.29 is 4.74 Å². The summed E-state index contributed by atoms with van der Waals surface area (Å²) < 4.78 is 5.38. The molecule has 2 atom stereocenters. The highest BCUT2D eigenvalue weighted by molar-refractivity contribution is 4.75. The van der Waals surface area contributed by atoms with Crippen LogP contribution in [0.3, 0.4) is 0 Å². The molecule has 3 nitrogen and oxygen atoms in total. The van der Waals surface area contributed by atoms with E-state index in [0.29, 0.717) is 12.1 Å². The summed E-state index contributed by atoms with van der Waals surface area (Å²) in [6, 6.07) is 1.13. The normalized spacial score (nSPS) is 21.8. The lowest BCUT2D eigenvalue weighted by atomic mass is 10.2. The van der Waals surface area contributed by atoms with Gasteiger partial charge in [0.1, 0.15) is 0 Å². The fourth-order valence-corrected chi connectivity index (χ4v) is 2.04. The maximum absolute atomic E-state index is 5.38. The van der Waals surface area contributed by atoms with Crippen LogP contribution in [0, 0.1) is 0 Å². The number of hydrogen-bond donors (Lipinski definition) is 1. The second kappa shape index (κ2) is 7.20. The van der Waals surface area contributed by atoms with Crippen molar-refractivity contribution in [1.82, 2.24) is 10.2 Å². The Balaban J connectivity index is 2.07. The van der Waals surface area contributed by atoms with Gasteiger partial charge in [-0.1, -0.05) is 0 Å². The van der Waals surface area contributed by atoms with E-state index in [1.807, 2.05) is 6.92 Å². The first-order valence-corrected chi connectivity index (χ1v) is 6.29. The average molecular weight is 214 g/mol. The largest absolute Gasteiger partial charge is 0.380 e. The van der Waals surface area contributed by atoms with Crippen LogP contribution in [-0.2, 0) is 4.74 Å². The van der Waals surface area contributed by atoms with Crippen molar-refractivity contribution in [3.05, 3.63) is 0 Å². The van der Waals surface area contributed by atoms with Gasteiger partial charge in [-0.15, -0.1) is 0 Å². The molecule has 0 aliphatic carbocycles. The Morgan fingerprint density at radius 1 is 1.27 bits per heavy atom. The molecule has 2 unspecified atom stereocenters. The van der Waals surface area contributed by atoms with E-state index in [9.17, 15) is 0 Å². The molecule has 0 radical (unpaired) electrons. The summed E-state index contributed by atoms with van der Waals surface area (Å²) in [5.74, 6) is 0. The number of nitrogens with one attached hydrogen (secondary N) is 1. The van der Waals surface area contributed by atoms with Crippen molar-refractivity contribution in [1.29, 1.82) is 0 Å². The van der Waals surface area contributed by atoms with Crippen molar-refractivity contribution >= 4 is 0 Å². The van der Waals surface area contributed by atoms with Gasteiger partial charge in [-0.05, 0) is 46.7 Å². The van der Waals surface area contributed by atoms with Crippen LogP contribution in [0.25, 0.3) is 0 Å². The van der Waals surface area contributed by atoms with Gasteiger partial charge in [-0.3, -0.25) is 4.90 Å². The monoisotopic (exact) mass is 214 g/mol. The van der Waals surface area contributed by atoms with Gasteiger partial charge in [-0.2, -0.15) is 0 Å². The Morgan fingerprint density at radius 2 is 1.93 bits per heavy atom. The van der Waals surface area contributed by atoms with E-state index in [4.69, 9.17) is 4.74 Å². The molecule has 1 aliphatic rings. The molecular weight excluding hydrogens is 188 g/mol. The molecule has 0 aromatic carbocycles. The minimum absolute atomic E-state index is 0.468. The van der Waals surface area contributed by atoms with Gasteiger partial charge in [0.25, 0.3) is 0 Å². The van der Waals surface area contributed by atoms with E-state index in [1.165, 1.54) is 25.9 Å². The lowest BCUT2D eigenvalue weighted by molar-refractivity contribution is 0.124. The summed E-state index contributed by atoms with van der Waals surface area (Å²) in [5.41, 5.74) is 0. The van der Waals surface area contributed by atoms with E-state index < -0.39 is 0 Å². The van der Waals surface area contributed by atoms with Crippen LogP contribution in [0.5, 0.6) is 0 Å². The van der Waals surface area contributed by atoms with Crippen molar-refractivity contribution in [3.63, 3.8) is 0 Å². The summed E-state index contributed by atoms with van der Waals surface area (Å²) in [4.78, 5) is 2.57. The van der Waals surface area contributed by atoms with Crippen molar-refractivity contribution in [2.75, 3.05) is 32.8 Å². The third kappa shape index (κ3) is 4.96. The molecule has 0 amide bonds. The second-order valence-corrected chi connectivity index (χ2v) is 4.56. The molecule has 1 heterocycles. The highest BCUT2D eigenvalue weighted by Gasteiger charge is 2.17. The van der Waals surface area contributed by atoms with Crippen LogP contribution in [-0.4, -0.2) is 49.8 Å². The standard InChI is InChI=1S/C12H26N2O/c1-4-15-10-11(2)13-9-12(3)14-7-5-6-8-14/h11-13H,4-10H2,1-3H3. The van der Waals surface area contributed by atoms with Crippen molar-refractivity contribution in [2.45, 2.75) is 45.7 Å². The highest BCUT2D eigenvalue weighted by Crippen LogP contribution is 2.10. The maximum atomic E-state index is 5.38. The van der Waals surface area contributed by atoms with Crippen molar-refractivity contribution in [2.24, 2.45) is 0 Å². The average Bonchev–Trinajstić information content (AvgIpc) is 2.76. The maximum Gasteiger partial charge on any atom is 0.0616 e. The highest BCUT2D eigenvalue weighted by atomic mass is 16.5. The van der Waals surface area contributed by atoms with Crippen LogP contribution < -0.4 is 5.32 Å². The third-order valence-electron chi connectivity index (χ3n) is 3.10. The molecule has 1 rings (SSSR count).